The molecular formula is C23H26N4O. The molecule has 0 saturated heterocycles. The van der Waals surface area contributed by atoms with E-state index in [-0.39, 0.29) is 11.7 Å². The SMILES string of the molecule is CCc1ccc(C)c(-c2ccc3c(c2)/C(=C(\C)NC(=N)/C=C\NC)C(=O)N3)c1. The number of nitrogens with one attached hydrogen (secondary N) is 4. The van der Waals surface area contributed by atoms with Gasteiger partial charge in [-0.2, -0.15) is 0 Å². The topological polar surface area (TPSA) is 77.0 Å². The number of amides is 1. The lowest BCUT2D eigenvalue weighted by molar-refractivity contribution is -0.110. The Hall–Kier alpha value is -3.34. The van der Waals surface area contributed by atoms with Crippen LogP contribution in [0.15, 0.2) is 54.4 Å². The van der Waals surface area contributed by atoms with Gasteiger partial charge in [-0.1, -0.05) is 31.2 Å². The monoisotopic (exact) mass is 374 g/mol. The highest BCUT2D eigenvalue weighted by Crippen LogP contribution is 2.37. The number of anilines is 1. The Morgan fingerprint density at radius 1 is 1.18 bits per heavy atom. The van der Waals surface area contributed by atoms with Gasteiger partial charge in [0, 0.05) is 24.0 Å². The number of aryl methyl sites for hydroxylation is 2. The molecule has 144 valence electrons. The average molecular weight is 374 g/mol. The van der Waals surface area contributed by atoms with E-state index in [0.29, 0.717) is 11.3 Å². The van der Waals surface area contributed by atoms with Crippen LogP contribution in [0.2, 0.25) is 0 Å². The molecule has 0 radical (unpaired) electrons. The molecule has 0 unspecified atom stereocenters. The molecule has 0 spiro atoms. The zero-order valence-electron chi connectivity index (χ0n) is 16.7. The van der Waals surface area contributed by atoms with Crippen molar-refractivity contribution in [2.45, 2.75) is 27.2 Å². The first-order valence-corrected chi connectivity index (χ1v) is 9.40. The second-order valence-corrected chi connectivity index (χ2v) is 6.88. The Labute approximate surface area is 166 Å². The Morgan fingerprint density at radius 2 is 1.96 bits per heavy atom. The number of carbonyl (C=O) groups excluding carboxylic acids is 1. The van der Waals surface area contributed by atoms with Crippen molar-refractivity contribution in [3.8, 4) is 11.1 Å². The van der Waals surface area contributed by atoms with E-state index in [1.807, 2.05) is 19.1 Å². The number of fused-ring (bicyclic) bond motifs is 1. The molecule has 28 heavy (non-hydrogen) atoms. The van der Waals surface area contributed by atoms with E-state index in [1.165, 1.54) is 16.7 Å². The van der Waals surface area contributed by atoms with Crippen LogP contribution in [0.5, 0.6) is 0 Å². The molecule has 4 N–H and O–H groups in total. The van der Waals surface area contributed by atoms with Gasteiger partial charge in [0.1, 0.15) is 5.84 Å². The molecule has 1 aliphatic rings. The van der Waals surface area contributed by atoms with E-state index in [9.17, 15) is 4.79 Å². The quantitative estimate of drug-likeness (QED) is 0.360. The van der Waals surface area contributed by atoms with E-state index in [0.717, 1.165) is 23.2 Å². The Kier molecular flexibility index (Phi) is 5.64. The predicted molar refractivity (Wildman–Crippen MR) is 116 cm³/mol. The van der Waals surface area contributed by atoms with Gasteiger partial charge in [0.05, 0.1) is 5.57 Å². The van der Waals surface area contributed by atoms with Crippen LogP contribution in [-0.4, -0.2) is 18.8 Å². The minimum Gasteiger partial charge on any atom is -0.394 e. The molecule has 0 bridgehead atoms. The lowest BCUT2D eigenvalue weighted by Crippen LogP contribution is -2.21. The molecule has 5 heteroatoms. The van der Waals surface area contributed by atoms with E-state index in [2.05, 4.69) is 54.1 Å². The van der Waals surface area contributed by atoms with Gasteiger partial charge in [-0.05, 0) is 66.9 Å². The summed E-state index contributed by atoms with van der Waals surface area (Å²) in [4.78, 5) is 12.6. The minimum atomic E-state index is -0.151. The van der Waals surface area contributed by atoms with E-state index >= 15 is 0 Å². The molecule has 5 nitrogen and oxygen atoms in total. The van der Waals surface area contributed by atoms with Crippen molar-refractivity contribution in [2.24, 2.45) is 0 Å². The van der Waals surface area contributed by atoms with Crippen molar-refractivity contribution < 1.29 is 4.79 Å². The third-order valence-electron chi connectivity index (χ3n) is 4.90. The summed E-state index contributed by atoms with van der Waals surface area (Å²) in [7, 11) is 1.77. The van der Waals surface area contributed by atoms with Crippen LogP contribution in [0.3, 0.4) is 0 Å². The Bertz CT molecular complexity index is 1000. The van der Waals surface area contributed by atoms with Crippen LogP contribution in [0.1, 0.15) is 30.5 Å². The number of hydrogen-bond acceptors (Lipinski definition) is 3. The number of carbonyl (C=O) groups is 1. The zero-order valence-corrected chi connectivity index (χ0v) is 16.7. The van der Waals surface area contributed by atoms with Gasteiger partial charge in [0.15, 0.2) is 0 Å². The maximum atomic E-state index is 12.6. The van der Waals surface area contributed by atoms with Gasteiger partial charge in [-0.25, -0.2) is 0 Å². The highest BCUT2D eigenvalue weighted by molar-refractivity contribution is 6.32. The fraction of sp³-hybridized carbons (Fsp3) is 0.217. The maximum Gasteiger partial charge on any atom is 0.258 e. The minimum absolute atomic E-state index is 0.151. The highest BCUT2D eigenvalue weighted by Gasteiger charge is 2.27. The van der Waals surface area contributed by atoms with Crippen LogP contribution >= 0.6 is 0 Å². The van der Waals surface area contributed by atoms with Gasteiger partial charge in [0.2, 0.25) is 0 Å². The summed E-state index contributed by atoms with van der Waals surface area (Å²) in [6.45, 7) is 6.07. The molecule has 2 aromatic rings. The highest BCUT2D eigenvalue weighted by atomic mass is 16.2. The lowest BCUT2D eigenvalue weighted by atomic mass is 9.94. The van der Waals surface area contributed by atoms with Gasteiger partial charge >= 0.3 is 0 Å². The number of benzene rings is 2. The second kappa shape index (κ2) is 8.13. The molecule has 0 aromatic heterocycles. The molecule has 0 aliphatic carbocycles. The maximum absolute atomic E-state index is 12.6. The van der Waals surface area contributed by atoms with Crippen molar-refractivity contribution in [3.63, 3.8) is 0 Å². The van der Waals surface area contributed by atoms with Crippen LogP contribution < -0.4 is 16.0 Å². The van der Waals surface area contributed by atoms with Crippen LogP contribution in [0, 0.1) is 12.3 Å². The third kappa shape index (κ3) is 3.83. The van der Waals surface area contributed by atoms with Crippen LogP contribution in [-0.2, 0) is 11.2 Å². The molecule has 2 aromatic carbocycles. The fourth-order valence-corrected chi connectivity index (χ4v) is 3.38. The van der Waals surface area contributed by atoms with Crippen LogP contribution in [0.4, 0.5) is 5.69 Å². The number of amidine groups is 1. The molecular weight excluding hydrogens is 348 g/mol. The summed E-state index contributed by atoms with van der Waals surface area (Å²) >= 11 is 0. The Morgan fingerprint density at radius 3 is 2.68 bits per heavy atom. The van der Waals surface area contributed by atoms with E-state index < -0.39 is 0 Å². The molecule has 0 atom stereocenters. The van der Waals surface area contributed by atoms with Crippen molar-refractivity contribution >= 4 is 23.0 Å². The lowest BCUT2D eigenvalue weighted by Gasteiger charge is -2.11. The third-order valence-corrected chi connectivity index (χ3v) is 4.90. The molecule has 1 amide bonds. The summed E-state index contributed by atoms with van der Waals surface area (Å²) in [5.41, 5.74) is 7.63. The fourth-order valence-electron chi connectivity index (χ4n) is 3.38. The average Bonchev–Trinajstić information content (AvgIpc) is 3.01. The van der Waals surface area contributed by atoms with Crippen molar-refractivity contribution in [3.05, 3.63) is 71.1 Å². The second-order valence-electron chi connectivity index (χ2n) is 6.88. The summed E-state index contributed by atoms with van der Waals surface area (Å²) in [5, 5.41) is 16.7. The first-order valence-electron chi connectivity index (χ1n) is 9.40. The molecule has 1 heterocycles. The molecule has 1 aliphatic heterocycles. The van der Waals surface area contributed by atoms with Crippen LogP contribution in [0.25, 0.3) is 16.7 Å². The van der Waals surface area contributed by atoms with Gasteiger partial charge < -0.3 is 16.0 Å². The van der Waals surface area contributed by atoms with Gasteiger partial charge in [-0.15, -0.1) is 0 Å². The largest absolute Gasteiger partial charge is 0.394 e. The zero-order chi connectivity index (χ0) is 20.3. The van der Waals surface area contributed by atoms with Crippen molar-refractivity contribution in [1.82, 2.24) is 10.6 Å². The van der Waals surface area contributed by atoms with E-state index in [4.69, 9.17) is 5.41 Å². The first kappa shape index (κ1) is 19.4. The normalized spacial score (nSPS) is 14.6. The molecule has 3 rings (SSSR count). The predicted octanol–water partition coefficient (Wildman–Crippen LogP) is 4.21. The number of rotatable bonds is 5. The van der Waals surface area contributed by atoms with Gasteiger partial charge in [0.25, 0.3) is 5.91 Å². The summed E-state index contributed by atoms with van der Waals surface area (Å²) in [5.74, 6) is 0.0600. The van der Waals surface area contributed by atoms with Gasteiger partial charge in [-0.3, -0.25) is 10.2 Å². The summed E-state index contributed by atoms with van der Waals surface area (Å²) < 4.78 is 0. The molecule has 0 fully saturated rings. The van der Waals surface area contributed by atoms with Crippen molar-refractivity contribution in [2.75, 3.05) is 12.4 Å². The van der Waals surface area contributed by atoms with E-state index in [1.54, 1.807) is 19.3 Å². The van der Waals surface area contributed by atoms with Crippen molar-refractivity contribution in [1.29, 1.82) is 5.41 Å². The molecule has 0 saturated carbocycles. The Balaban J connectivity index is 2.03. The first-order chi connectivity index (χ1) is 13.4. The summed E-state index contributed by atoms with van der Waals surface area (Å²) in [6, 6.07) is 12.6. The number of hydrogen-bond donors (Lipinski definition) is 4. The number of allylic oxidation sites excluding steroid dienone is 1. The summed E-state index contributed by atoms with van der Waals surface area (Å²) in [6.07, 6.45) is 4.25. The standard InChI is InChI=1S/C23H26N4O/c1-5-16-7-6-14(2)18(12-16)17-8-9-20-19(13-17)22(23(28)27-20)15(3)26-21(24)10-11-25-4/h6-13,25H,5H2,1-4H3,(H2,24,26)(H,27,28)/b11-10-,22-15-. The smallest absolute Gasteiger partial charge is 0.258 e.